The van der Waals surface area contributed by atoms with Crippen LogP contribution in [0.3, 0.4) is 0 Å². The number of pyridine rings is 1. The highest BCUT2D eigenvalue weighted by atomic mass is 35.5. The lowest BCUT2D eigenvalue weighted by atomic mass is 9.99. The van der Waals surface area contributed by atoms with Gasteiger partial charge in [-0.2, -0.15) is 5.10 Å². The lowest BCUT2D eigenvalue weighted by Gasteiger charge is -2.31. The monoisotopic (exact) mass is 376 g/mol. The van der Waals surface area contributed by atoms with E-state index in [4.69, 9.17) is 11.6 Å². The summed E-state index contributed by atoms with van der Waals surface area (Å²) >= 11 is 7.58. The molecule has 0 bridgehead atoms. The third-order valence-electron chi connectivity index (χ3n) is 4.51. The Morgan fingerprint density at radius 2 is 2.32 bits per heavy atom. The lowest BCUT2D eigenvalue weighted by Crippen LogP contribution is -2.40. The summed E-state index contributed by atoms with van der Waals surface area (Å²) in [6.07, 6.45) is 5.42. The third-order valence-corrected chi connectivity index (χ3v) is 5.76. The number of rotatable bonds is 3. The number of aliphatic hydroxyl groups is 1. The summed E-state index contributed by atoms with van der Waals surface area (Å²) < 4.78 is 2.24. The number of amides is 1. The first kappa shape index (κ1) is 16.5. The fourth-order valence-electron chi connectivity index (χ4n) is 3.21. The van der Waals surface area contributed by atoms with E-state index < -0.39 is 0 Å². The Bertz CT molecular complexity index is 922. The van der Waals surface area contributed by atoms with Crippen molar-refractivity contribution >= 4 is 34.4 Å². The van der Waals surface area contributed by atoms with Crippen molar-refractivity contribution in [3.8, 4) is 11.3 Å². The average molecular weight is 377 g/mol. The molecule has 1 amide bonds. The van der Waals surface area contributed by atoms with Crippen LogP contribution in [-0.4, -0.2) is 50.2 Å². The topological polar surface area (TPSA) is 70.7 Å². The van der Waals surface area contributed by atoms with Gasteiger partial charge < -0.3 is 10.0 Å². The molecule has 1 unspecified atom stereocenters. The number of carbonyl (C=O) groups is 1. The molecule has 6 nitrogen and oxygen atoms in total. The van der Waals surface area contributed by atoms with Gasteiger partial charge in [0.25, 0.3) is 5.91 Å². The van der Waals surface area contributed by atoms with Crippen molar-refractivity contribution < 1.29 is 9.90 Å². The van der Waals surface area contributed by atoms with Crippen molar-refractivity contribution in [3.05, 3.63) is 39.9 Å². The second-order valence-corrected chi connectivity index (χ2v) is 7.77. The number of likely N-dealkylation sites (tertiary alicyclic amines) is 1. The number of aliphatic hydroxyl groups excluding tert-OH is 1. The summed E-state index contributed by atoms with van der Waals surface area (Å²) in [5.41, 5.74) is 2.30. The quantitative estimate of drug-likeness (QED) is 0.762. The summed E-state index contributed by atoms with van der Waals surface area (Å²) in [6.45, 7) is 1.37. The zero-order valence-electron chi connectivity index (χ0n) is 13.4. The molecule has 8 heteroatoms. The predicted octanol–water partition coefficient (Wildman–Crippen LogP) is 2.96. The number of carbonyl (C=O) groups excluding carboxylic acids is 1. The molecule has 0 radical (unpaired) electrons. The molecule has 1 aliphatic rings. The van der Waals surface area contributed by atoms with Gasteiger partial charge in [0.05, 0.1) is 11.7 Å². The second-order valence-electron chi connectivity index (χ2n) is 6.17. The van der Waals surface area contributed by atoms with Gasteiger partial charge in [-0.15, -0.1) is 0 Å². The van der Waals surface area contributed by atoms with Crippen molar-refractivity contribution in [2.24, 2.45) is 5.92 Å². The van der Waals surface area contributed by atoms with Gasteiger partial charge in [-0.1, -0.05) is 29.0 Å². The molecule has 3 aromatic rings. The molecule has 130 valence electrons. The number of halogens is 1. The molecule has 4 rings (SSSR count). The first-order valence-electron chi connectivity index (χ1n) is 8.16. The SMILES string of the molecule is O=C(c1nc(-c2cnn3ccccc23)c(Cl)s1)N1CCCC(CO)C1. The molecule has 0 aromatic carbocycles. The van der Waals surface area contributed by atoms with Crippen LogP contribution in [0.5, 0.6) is 0 Å². The van der Waals surface area contributed by atoms with Gasteiger partial charge in [0, 0.05) is 31.5 Å². The zero-order chi connectivity index (χ0) is 17.4. The molecule has 1 aliphatic heterocycles. The van der Waals surface area contributed by atoms with Gasteiger partial charge in [0.15, 0.2) is 5.01 Å². The Morgan fingerprint density at radius 3 is 3.16 bits per heavy atom. The molecule has 0 aliphatic carbocycles. The number of hydrogen-bond donors (Lipinski definition) is 1. The molecule has 1 atom stereocenters. The van der Waals surface area contributed by atoms with Crippen molar-refractivity contribution in [1.29, 1.82) is 0 Å². The van der Waals surface area contributed by atoms with Crippen LogP contribution in [0.1, 0.15) is 22.6 Å². The summed E-state index contributed by atoms with van der Waals surface area (Å²) in [4.78, 5) is 19.0. The minimum Gasteiger partial charge on any atom is -0.396 e. The van der Waals surface area contributed by atoms with E-state index in [1.807, 2.05) is 24.4 Å². The molecule has 1 fully saturated rings. The Kier molecular flexibility index (Phi) is 4.45. The van der Waals surface area contributed by atoms with E-state index in [1.165, 1.54) is 11.3 Å². The third kappa shape index (κ3) is 3.03. The minimum absolute atomic E-state index is 0.107. The van der Waals surface area contributed by atoms with Crippen molar-refractivity contribution in [2.75, 3.05) is 19.7 Å². The van der Waals surface area contributed by atoms with Crippen LogP contribution in [0, 0.1) is 5.92 Å². The number of aromatic nitrogens is 3. The summed E-state index contributed by atoms with van der Waals surface area (Å²) in [7, 11) is 0. The van der Waals surface area contributed by atoms with E-state index >= 15 is 0 Å². The number of piperidine rings is 1. The van der Waals surface area contributed by atoms with Gasteiger partial charge >= 0.3 is 0 Å². The Balaban J connectivity index is 1.65. The fourth-order valence-corrected chi connectivity index (χ4v) is 4.35. The Hall–Kier alpha value is -1.96. The molecular weight excluding hydrogens is 360 g/mol. The van der Waals surface area contributed by atoms with Gasteiger partial charge in [-0.05, 0) is 30.9 Å². The van der Waals surface area contributed by atoms with E-state index in [1.54, 1.807) is 15.6 Å². The maximum atomic E-state index is 12.8. The van der Waals surface area contributed by atoms with E-state index in [0.717, 1.165) is 23.9 Å². The van der Waals surface area contributed by atoms with E-state index in [2.05, 4.69) is 10.1 Å². The summed E-state index contributed by atoms with van der Waals surface area (Å²) in [5, 5.41) is 14.0. The van der Waals surface area contributed by atoms with Crippen LogP contribution in [0.25, 0.3) is 16.8 Å². The van der Waals surface area contributed by atoms with Crippen LogP contribution in [0.4, 0.5) is 0 Å². The molecule has 1 saturated heterocycles. The normalized spacial score (nSPS) is 18.0. The molecular formula is C17H17ClN4O2S. The van der Waals surface area contributed by atoms with Crippen LogP contribution < -0.4 is 0 Å². The average Bonchev–Trinajstić information content (AvgIpc) is 3.24. The molecule has 0 spiro atoms. The molecule has 1 N–H and O–H groups in total. The Labute approximate surface area is 153 Å². The van der Waals surface area contributed by atoms with Crippen molar-refractivity contribution in [1.82, 2.24) is 19.5 Å². The molecule has 4 heterocycles. The first-order valence-corrected chi connectivity index (χ1v) is 9.36. The standard InChI is InChI=1S/C17H17ClN4O2S/c18-15-14(12-8-19-22-7-2-1-5-13(12)22)20-16(25-15)17(24)21-6-3-4-11(9-21)10-23/h1-2,5,7-8,11,23H,3-4,6,9-10H2. The number of thiazole rings is 1. The second kappa shape index (κ2) is 6.74. The Morgan fingerprint density at radius 1 is 1.44 bits per heavy atom. The van der Waals surface area contributed by atoms with Gasteiger partial charge in [-0.3, -0.25) is 4.79 Å². The van der Waals surface area contributed by atoms with Gasteiger partial charge in [-0.25, -0.2) is 9.50 Å². The predicted molar refractivity (Wildman–Crippen MR) is 97.0 cm³/mol. The summed E-state index contributed by atoms with van der Waals surface area (Å²) in [6, 6.07) is 5.76. The lowest BCUT2D eigenvalue weighted by molar-refractivity contribution is 0.0620. The highest BCUT2D eigenvalue weighted by Crippen LogP contribution is 2.35. The number of nitrogens with zero attached hydrogens (tertiary/aromatic N) is 4. The van der Waals surface area contributed by atoms with Crippen LogP contribution in [0.2, 0.25) is 4.34 Å². The maximum absolute atomic E-state index is 12.8. The highest BCUT2D eigenvalue weighted by Gasteiger charge is 2.27. The van der Waals surface area contributed by atoms with E-state index in [0.29, 0.717) is 28.1 Å². The molecule has 25 heavy (non-hydrogen) atoms. The van der Waals surface area contributed by atoms with Crippen LogP contribution >= 0.6 is 22.9 Å². The van der Waals surface area contributed by atoms with E-state index in [-0.39, 0.29) is 18.4 Å². The fraction of sp³-hybridized carbons (Fsp3) is 0.353. The number of hydrogen-bond acceptors (Lipinski definition) is 5. The van der Waals surface area contributed by atoms with Crippen LogP contribution in [0.15, 0.2) is 30.6 Å². The molecule has 0 saturated carbocycles. The minimum atomic E-state index is -0.118. The maximum Gasteiger partial charge on any atom is 0.282 e. The van der Waals surface area contributed by atoms with Crippen LogP contribution in [-0.2, 0) is 0 Å². The first-order chi connectivity index (χ1) is 12.2. The van der Waals surface area contributed by atoms with Crippen molar-refractivity contribution in [2.45, 2.75) is 12.8 Å². The summed E-state index contributed by atoms with van der Waals surface area (Å²) in [5.74, 6) is 0.0278. The largest absolute Gasteiger partial charge is 0.396 e. The van der Waals surface area contributed by atoms with Crippen molar-refractivity contribution in [3.63, 3.8) is 0 Å². The van der Waals surface area contributed by atoms with E-state index in [9.17, 15) is 9.90 Å². The van der Waals surface area contributed by atoms with Gasteiger partial charge in [0.1, 0.15) is 10.0 Å². The highest BCUT2D eigenvalue weighted by molar-refractivity contribution is 7.18. The smallest absolute Gasteiger partial charge is 0.282 e. The number of fused-ring (bicyclic) bond motifs is 1. The van der Waals surface area contributed by atoms with Gasteiger partial charge in [0.2, 0.25) is 0 Å². The zero-order valence-corrected chi connectivity index (χ0v) is 15.0. The molecule has 3 aromatic heterocycles.